The molecule has 0 spiro atoms. The molecule has 0 aromatic heterocycles. The second-order valence-electron chi connectivity index (χ2n) is 7.11. The molecular formula is C19H30N2O2. The van der Waals surface area contributed by atoms with Crippen LogP contribution in [-0.2, 0) is 5.41 Å². The van der Waals surface area contributed by atoms with Crippen molar-refractivity contribution in [3.63, 3.8) is 0 Å². The average molecular weight is 318 g/mol. The van der Waals surface area contributed by atoms with Crippen molar-refractivity contribution >= 4 is 6.03 Å². The van der Waals surface area contributed by atoms with E-state index in [1.807, 2.05) is 13.0 Å². The summed E-state index contributed by atoms with van der Waals surface area (Å²) in [4.78, 5) is 12.1. The van der Waals surface area contributed by atoms with Crippen molar-refractivity contribution in [1.82, 2.24) is 10.6 Å². The molecule has 2 rings (SSSR count). The van der Waals surface area contributed by atoms with Gasteiger partial charge in [-0.3, -0.25) is 0 Å². The Morgan fingerprint density at radius 3 is 2.43 bits per heavy atom. The lowest BCUT2D eigenvalue weighted by atomic mass is 9.79. The minimum atomic E-state index is -0.324. The number of aliphatic hydroxyl groups is 1. The van der Waals surface area contributed by atoms with Gasteiger partial charge in [0.1, 0.15) is 0 Å². The third-order valence-corrected chi connectivity index (χ3v) is 4.89. The van der Waals surface area contributed by atoms with E-state index in [2.05, 4.69) is 34.9 Å². The van der Waals surface area contributed by atoms with E-state index in [1.165, 1.54) is 18.4 Å². The Morgan fingerprint density at radius 2 is 1.83 bits per heavy atom. The fourth-order valence-electron chi connectivity index (χ4n) is 3.66. The van der Waals surface area contributed by atoms with Gasteiger partial charge in [0, 0.05) is 18.5 Å². The van der Waals surface area contributed by atoms with E-state index in [9.17, 15) is 9.90 Å². The monoisotopic (exact) mass is 318 g/mol. The molecule has 4 heteroatoms. The van der Waals surface area contributed by atoms with Crippen LogP contribution in [0.25, 0.3) is 0 Å². The number of urea groups is 1. The summed E-state index contributed by atoms with van der Waals surface area (Å²) in [5, 5.41) is 15.3. The van der Waals surface area contributed by atoms with Gasteiger partial charge >= 0.3 is 6.03 Å². The molecule has 2 amide bonds. The number of hydrogen-bond acceptors (Lipinski definition) is 2. The maximum Gasteiger partial charge on any atom is 0.314 e. The second kappa shape index (κ2) is 8.34. The molecule has 0 aliphatic heterocycles. The summed E-state index contributed by atoms with van der Waals surface area (Å²) in [5.41, 5.74) is 1.42. The number of amides is 2. The Bertz CT molecular complexity index is 481. The summed E-state index contributed by atoms with van der Waals surface area (Å²) < 4.78 is 0. The Kier molecular flexibility index (Phi) is 6.46. The summed E-state index contributed by atoms with van der Waals surface area (Å²) in [6.45, 7) is 5.10. The summed E-state index contributed by atoms with van der Waals surface area (Å²) in [6, 6.07) is 10.4. The molecule has 2 unspecified atom stereocenters. The summed E-state index contributed by atoms with van der Waals surface area (Å²) in [7, 11) is 0. The van der Waals surface area contributed by atoms with Gasteiger partial charge < -0.3 is 15.7 Å². The highest BCUT2D eigenvalue weighted by molar-refractivity contribution is 5.74. The lowest BCUT2D eigenvalue weighted by molar-refractivity contribution is 0.163. The highest BCUT2D eigenvalue weighted by atomic mass is 16.3. The van der Waals surface area contributed by atoms with Crippen molar-refractivity contribution in [2.24, 2.45) is 5.92 Å². The first-order valence-electron chi connectivity index (χ1n) is 8.77. The third kappa shape index (κ3) is 5.24. The van der Waals surface area contributed by atoms with Crippen molar-refractivity contribution in [3.8, 4) is 0 Å². The van der Waals surface area contributed by atoms with E-state index in [4.69, 9.17) is 0 Å². The van der Waals surface area contributed by atoms with Gasteiger partial charge in [-0.15, -0.1) is 0 Å². The van der Waals surface area contributed by atoms with E-state index in [0.717, 1.165) is 12.8 Å². The fraction of sp³-hybridized carbons (Fsp3) is 0.632. The van der Waals surface area contributed by atoms with Crippen LogP contribution in [0.15, 0.2) is 30.3 Å². The summed E-state index contributed by atoms with van der Waals surface area (Å²) in [6.07, 6.45) is 5.10. The molecule has 23 heavy (non-hydrogen) atoms. The molecular weight excluding hydrogens is 288 g/mol. The van der Waals surface area contributed by atoms with Gasteiger partial charge in [-0.1, -0.05) is 50.1 Å². The first kappa shape index (κ1) is 17.8. The topological polar surface area (TPSA) is 61.4 Å². The zero-order valence-electron chi connectivity index (χ0n) is 14.3. The molecule has 1 fully saturated rings. The minimum absolute atomic E-state index is 0.0871. The number of rotatable bonds is 7. The molecule has 0 heterocycles. The average Bonchev–Trinajstić information content (AvgIpc) is 3.01. The Balaban J connectivity index is 1.84. The second-order valence-corrected chi connectivity index (χ2v) is 7.11. The van der Waals surface area contributed by atoms with Crippen molar-refractivity contribution in [3.05, 3.63) is 35.9 Å². The van der Waals surface area contributed by atoms with Crippen LogP contribution in [-0.4, -0.2) is 30.3 Å². The van der Waals surface area contributed by atoms with Crippen LogP contribution in [0.4, 0.5) is 4.79 Å². The first-order chi connectivity index (χ1) is 11.0. The molecule has 3 N–H and O–H groups in total. The van der Waals surface area contributed by atoms with E-state index in [0.29, 0.717) is 19.5 Å². The van der Waals surface area contributed by atoms with E-state index < -0.39 is 0 Å². The highest BCUT2D eigenvalue weighted by Crippen LogP contribution is 2.40. The predicted octanol–water partition coefficient (Wildman–Crippen LogP) is 3.20. The van der Waals surface area contributed by atoms with E-state index in [1.54, 1.807) is 6.92 Å². The molecule has 0 saturated heterocycles. The van der Waals surface area contributed by atoms with Crippen LogP contribution in [0.5, 0.6) is 0 Å². The number of hydrogen-bond donors (Lipinski definition) is 3. The normalized spacial score (nSPS) is 19.1. The van der Waals surface area contributed by atoms with Gasteiger partial charge in [0.2, 0.25) is 0 Å². The van der Waals surface area contributed by atoms with Crippen LogP contribution >= 0.6 is 0 Å². The maximum absolute atomic E-state index is 12.1. The first-order valence-corrected chi connectivity index (χ1v) is 8.77. The fourth-order valence-corrected chi connectivity index (χ4v) is 3.66. The number of aliphatic hydroxyl groups excluding tert-OH is 1. The van der Waals surface area contributed by atoms with Crippen LogP contribution < -0.4 is 10.6 Å². The third-order valence-electron chi connectivity index (χ3n) is 4.89. The van der Waals surface area contributed by atoms with Crippen molar-refractivity contribution in [2.45, 2.75) is 57.5 Å². The Hall–Kier alpha value is -1.55. The summed E-state index contributed by atoms with van der Waals surface area (Å²) in [5.74, 6) is 0.273. The quantitative estimate of drug-likeness (QED) is 0.723. The van der Waals surface area contributed by atoms with Crippen molar-refractivity contribution in [2.75, 3.05) is 13.1 Å². The molecule has 1 aliphatic rings. The van der Waals surface area contributed by atoms with Crippen LogP contribution in [0.2, 0.25) is 0 Å². The zero-order chi connectivity index (χ0) is 16.7. The molecule has 2 atom stereocenters. The molecule has 4 nitrogen and oxygen atoms in total. The maximum atomic E-state index is 12.1. The Labute approximate surface area is 139 Å². The molecule has 1 aromatic rings. The standard InChI is InChI=1S/C19H30N2O2/c1-15(12-16(2)22)13-20-18(23)21-14-19(10-6-7-11-19)17-8-4-3-5-9-17/h3-5,8-9,15-16,22H,6-7,10-14H2,1-2H3,(H2,20,21,23). The molecule has 1 aromatic carbocycles. The molecule has 1 aliphatic carbocycles. The van der Waals surface area contributed by atoms with Gasteiger partial charge in [-0.05, 0) is 37.7 Å². The summed E-state index contributed by atoms with van der Waals surface area (Å²) >= 11 is 0. The van der Waals surface area contributed by atoms with Gasteiger partial charge in [-0.2, -0.15) is 0 Å². The number of nitrogens with one attached hydrogen (secondary N) is 2. The number of carbonyl (C=O) groups excluding carboxylic acids is 1. The molecule has 128 valence electrons. The number of carbonyl (C=O) groups is 1. The van der Waals surface area contributed by atoms with Gasteiger partial charge in [0.15, 0.2) is 0 Å². The van der Waals surface area contributed by atoms with Gasteiger partial charge in [0.25, 0.3) is 0 Å². The van der Waals surface area contributed by atoms with Crippen LogP contribution in [0.1, 0.15) is 51.5 Å². The highest BCUT2D eigenvalue weighted by Gasteiger charge is 2.35. The van der Waals surface area contributed by atoms with Gasteiger partial charge in [-0.25, -0.2) is 4.79 Å². The Morgan fingerprint density at radius 1 is 1.17 bits per heavy atom. The lowest BCUT2D eigenvalue weighted by Gasteiger charge is -2.30. The van der Waals surface area contributed by atoms with E-state index >= 15 is 0 Å². The van der Waals surface area contributed by atoms with Crippen LogP contribution in [0, 0.1) is 5.92 Å². The smallest absolute Gasteiger partial charge is 0.314 e. The lowest BCUT2D eigenvalue weighted by Crippen LogP contribution is -2.44. The molecule has 0 bridgehead atoms. The minimum Gasteiger partial charge on any atom is -0.393 e. The predicted molar refractivity (Wildman–Crippen MR) is 93.5 cm³/mol. The van der Waals surface area contributed by atoms with Crippen molar-refractivity contribution < 1.29 is 9.90 Å². The largest absolute Gasteiger partial charge is 0.393 e. The SMILES string of the molecule is CC(O)CC(C)CNC(=O)NCC1(c2ccccc2)CCCC1. The van der Waals surface area contributed by atoms with Gasteiger partial charge in [0.05, 0.1) is 6.10 Å². The van der Waals surface area contributed by atoms with Crippen LogP contribution in [0.3, 0.4) is 0 Å². The van der Waals surface area contributed by atoms with E-state index in [-0.39, 0.29) is 23.5 Å². The zero-order valence-corrected chi connectivity index (χ0v) is 14.3. The molecule has 1 saturated carbocycles. The molecule has 0 radical (unpaired) electrons. The number of benzene rings is 1. The van der Waals surface area contributed by atoms with Crippen molar-refractivity contribution in [1.29, 1.82) is 0 Å².